The molecule has 0 aliphatic carbocycles. The first-order chi connectivity index (χ1) is 7.99. The van der Waals surface area contributed by atoms with Crippen LogP contribution in [0.2, 0.25) is 5.02 Å². The number of carboxylic acid groups (broad SMARTS) is 1. The highest BCUT2D eigenvalue weighted by molar-refractivity contribution is 6.31. The standard InChI is InChI=1S/C10H9ClN4O2/c1-5-7(11)4-15(14-5)9-2-6(10(16)17)8(12)3-13-9/h2-4H,12H2,1H3,(H,16,17). The van der Waals surface area contributed by atoms with Gasteiger partial charge in [-0.1, -0.05) is 11.6 Å². The van der Waals surface area contributed by atoms with Crippen molar-refractivity contribution in [2.45, 2.75) is 6.92 Å². The minimum Gasteiger partial charge on any atom is -0.478 e. The van der Waals surface area contributed by atoms with E-state index >= 15 is 0 Å². The summed E-state index contributed by atoms with van der Waals surface area (Å²) in [5, 5.41) is 13.5. The average Bonchev–Trinajstić information content (AvgIpc) is 2.59. The molecule has 88 valence electrons. The maximum absolute atomic E-state index is 10.9. The van der Waals surface area contributed by atoms with Crippen LogP contribution < -0.4 is 5.73 Å². The Morgan fingerprint density at radius 3 is 2.82 bits per heavy atom. The Labute approximate surface area is 102 Å². The molecule has 0 saturated carbocycles. The topological polar surface area (TPSA) is 94.0 Å². The van der Waals surface area contributed by atoms with Crippen molar-refractivity contribution in [3.63, 3.8) is 0 Å². The zero-order valence-electron chi connectivity index (χ0n) is 8.88. The van der Waals surface area contributed by atoms with Gasteiger partial charge >= 0.3 is 5.97 Å². The fourth-order valence-electron chi connectivity index (χ4n) is 1.32. The molecule has 2 aromatic heterocycles. The van der Waals surface area contributed by atoms with Crippen LogP contribution in [-0.2, 0) is 0 Å². The lowest BCUT2D eigenvalue weighted by Crippen LogP contribution is -2.07. The number of carboxylic acids is 1. The van der Waals surface area contributed by atoms with E-state index in [0.29, 0.717) is 16.5 Å². The van der Waals surface area contributed by atoms with E-state index in [1.165, 1.54) is 16.9 Å². The van der Waals surface area contributed by atoms with Gasteiger partial charge in [0, 0.05) is 0 Å². The molecule has 0 aliphatic heterocycles. The molecule has 0 spiro atoms. The van der Waals surface area contributed by atoms with Gasteiger partial charge in [-0.15, -0.1) is 0 Å². The van der Waals surface area contributed by atoms with E-state index in [2.05, 4.69) is 10.1 Å². The molecule has 0 atom stereocenters. The molecule has 0 amide bonds. The van der Waals surface area contributed by atoms with Crippen molar-refractivity contribution in [1.82, 2.24) is 14.8 Å². The second-order valence-corrected chi connectivity index (χ2v) is 3.85. The van der Waals surface area contributed by atoms with E-state index in [4.69, 9.17) is 22.4 Å². The minimum absolute atomic E-state index is 0.0146. The number of nitrogens with zero attached hydrogens (tertiary/aromatic N) is 3. The first-order valence-electron chi connectivity index (χ1n) is 4.70. The van der Waals surface area contributed by atoms with Crippen LogP contribution in [0, 0.1) is 6.92 Å². The maximum atomic E-state index is 10.9. The van der Waals surface area contributed by atoms with Crippen LogP contribution in [0.1, 0.15) is 16.1 Å². The van der Waals surface area contributed by atoms with Gasteiger partial charge in [-0.25, -0.2) is 14.5 Å². The zero-order chi connectivity index (χ0) is 12.6. The van der Waals surface area contributed by atoms with Crippen LogP contribution >= 0.6 is 11.6 Å². The monoisotopic (exact) mass is 252 g/mol. The second kappa shape index (κ2) is 4.06. The lowest BCUT2D eigenvalue weighted by atomic mass is 10.2. The molecule has 2 rings (SSSR count). The molecule has 0 aliphatic rings. The van der Waals surface area contributed by atoms with Gasteiger partial charge in [0.05, 0.1) is 34.4 Å². The van der Waals surface area contributed by atoms with E-state index in [1.807, 2.05) is 0 Å². The van der Waals surface area contributed by atoms with E-state index in [-0.39, 0.29) is 11.3 Å². The molecule has 0 aromatic carbocycles. The van der Waals surface area contributed by atoms with Crippen LogP contribution in [0.4, 0.5) is 5.69 Å². The highest BCUT2D eigenvalue weighted by Gasteiger charge is 2.12. The summed E-state index contributed by atoms with van der Waals surface area (Å²) in [6, 6.07) is 1.35. The second-order valence-electron chi connectivity index (χ2n) is 3.44. The Morgan fingerprint density at radius 1 is 1.59 bits per heavy atom. The van der Waals surface area contributed by atoms with Gasteiger partial charge in [-0.2, -0.15) is 5.10 Å². The van der Waals surface area contributed by atoms with Gasteiger partial charge < -0.3 is 10.8 Å². The van der Waals surface area contributed by atoms with Gasteiger partial charge in [0.15, 0.2) is 5.82 Å². The van der Waals surface area contributed by atoms with Crippen LogP contribution in [0.3, 0.4) is 0 Å². The largest absolute Gasteiger partial charge is 0.478 e. The number of nitrogens with two attached hydrogens (primary N) is 1. The number of pyridine rings is 1. The fraction of sp³-hybridized carbons (Fsp3) is 0.100. The number of halogens is 1. The van der Waals surface area contributed by atoms with E-state index in [1.54, 1.807) is 13.1 Å². The van der Waals surface area contributed by atoms with Crippen LogP contribution in [-0.4, -0.2) is 25.8 Å². The molecule has 17 heavy (non-hydrogen) atoms. The number of aryl methyl sites for hydroxylation is 1. The molecule has 0 saturated heterocycles. The molecule has 7 heteroatoms. The summed E-state index contributed by atoms with van der Waals surface area (Å²) in [4.78, 5) is 14.9. The summed E-state index contributed by atoms with van der Waals surface area (Å²) < 4.78 is 1.41. The molecular weight excluding hydrogens is 244 g/mol. The highest BCUT2D eigenvalue weighted by Crippen LogP contribution is 2.18. The van der Waals surface area contributed by atoms with Crippen molar-refractivity contribution in [1.29, 1.82) is 0 Å². The summed E-state index contributed by atoms with van der Waals surface area (Å²) in [7, 11) is 0. The third-order valence-electron chi connectivity index (χ3n) is 2.22. The zero-order valence-corrected chi connectivity index (χ0v) is 9.64. The first-order valence-corrected chi connectivity index (χ1v) is 5.08. The molecule has 0 fully saturated rings. The number of nitrogen functional groups attached to an aromatic ring is 1. The number of rotatable bonds is 2. The van der Waals surface area contributed by atoms with Crippen LogP contribution in [0.15, 0.2) is 18.5 Å². The summed E-state index contributed by atoms with van der Waals surface area (Å²) in [6.07, 6.45) is 2.84. The summed E-state index contributed by atoms with van der Waals surface area (Å²) in [5.74, 6) is -0.757. The van der Waals surface area contributed by atoms with Crippen molar-refractivity contribution in [2.24, 2.45) is 0 Å². The number of hydrogen-bond acceptors (Lipinski definition) is 4. The predicted octanol–water partition coefficient (Wildman–Crippen LogP) is 1.51. The Bertz CT molecular complexity index is 574. The van der Waals surface area contributed by atoms with Crippen molar-refractivity contribution in [3.05, 3.63) is 34.7 Å². The minimum atomic E-state index is -1.11. The van der Waals surface area contributed by atoms with Gasteiger partial charge in [0.25, 0.3) is 0 Å². The number of anilines is 1. The molecule has 6 nitrogen and oxygen atoms in total. The third-order valence-corrected chi connectivity index (χ3v) is 2.60. The van der Waals surface area contributed by atoms with E-state index < -0.39 is 5.97 Å². The number of aromatic carboxylic acids is 1. The fourth-order valence-corrected chi connectivity index (χ4v) is 1.45. The van der Waals surface area contributed by atoms with E-state index in [9.17, 15) is 4.79 Å². The Hall–Kier alpha value is -2.08. The Kier molecular flexibility index (Phi) is 2.72. The van der Waals surface area contributed by atoms with Crippen molar-refractivity contribution < 1.29 is 9.90 Å². The predicted molar refractivity (Wildman–Crippen MR) is 62.5 cm³/mol. The Balaban J connectivity index is 2.53. The van der Waals surface area contributed by atoms with Gasteiger partial charge in [-0.3, -0.25) is 0 Å². The molecular formula is C10H9ClN4O2. The third kappa shape index (κ3) is 2.07. The molecule has 0 radical (unpaired) electrons. The lowest BCUT2D eigenvalue weighted by Gasteiger charge is -2.04. The highest BCUT2D eigenvalue weighted by atomic mass is 35.5. The summed E-state index contributed by atoms with van der Waals surface area (Å²) in [6.45, 7) is 1.74. The van der Waals surface area contributed by atoms with Crippen molar-refractivity contribution in [3.8, 4) is 5.82 Å². The van der Waals surface area contributed by atoms with Crippen LogP contribution in [0.5, 0.6) is 0 Å². The van der Waals surface area contributed by atoms with E-state index in [0.717, 1.165) is 0 Å². The van der Waals surface area contributed by atoms with Gasteiger partial charge in [0.1, 0.15) is 0 Å². The first kappa shape index (κ1) is 11.4. The van der Waals surface area contributed by atoms with Gasteiger partial charge in [-0.05, 0) is 13.0 Å². The maximum Gasteiger partial charge on any atom is 0.337 e. The van der Waals surface area contributed by atoms with Crippen LogP contribution in [0.25, 0.3) is 5.82 Å². The number of carbonyl (C=O) groups is 1. The molecule has 3 N–H and O–H groups in total. The summed E-state index contributed by atoms with van der Waals surface area (Å²) in [5.41, 5.74) is 6.24. The normalized spacial score (nSPS) is 10.5. The summed E-state index contributed by atoms with van der Waals surface area (Å²) >= 11 is 5.86. The molecule has 0 unspecified atom stereocenters. The van der Waals surface area contributed by atoms with Gasteiger partial charge in [0.2, 0.25) is 0 Å². The quantitative estimate of drug-likeness (QED) is 0.845. The number of aromatic nitrogens is 3. The van der Waals surface area contributed by atoms with Crippen molar-refractivity contribution in [2.75, 3.05) is 5.73 Å². The molecule has 0 bridgehead atoms. The SMILES string of the molecule is Cc1nn(-c2cc(C(=O)O)c(N)cn2)cc1Cl. The van der Waals surface area contributed by atoms with Crippen molar-refractivity contribution >= 4 is 23.3 Å². The molecule has 2 heterocycles. The average molecular weight is 253 g/mol. The Morgan fingerprint density at radius 2 is 2.29 bits per heavy atom. The molecule has 2 aromatic rings. The number of hydrogen-bond donors (Lipinski definition) is 2. The smallest absolute Gasteiger partial charge is 0.337 e. The lowest BCUT2D eigenvalue weighted by molar-refractivity contribution is 0.0698.